The van der Waals surface area contributed by atoms with E-state index in [0.29, 0.717) is 32.7 Å². The Morgan fingerprint density at radius 1 is 1.29 bits per heavy atom. The first-order valence-corrected chi connectivity index (χ1v) is 5.99. The maximum Gasteiger partial charge on any atom is 0.326 e. The van der Waals surface area contributed by atoms with E-state index < -0.39 is 12.0 Å². The molecule has 0 spiro atoms. The topological polar surface area (TPSA) is 70.1 Å². The number of ether oxygens (including phenoxy) is 1. The van der Waals surface area contributed by atoms with Gasteiger partial charge in [0.2, 0.25) is 0 Å². The number of morpholine rings is 1. The lowest BCUT2D eigenvalue weighted by atomic mass is 10.2. The summed E-state index contributed by atoms with van der Waals surface area (Å²) in [6.07, 6.45) is 1.32. The number of rotatable bonds is 1. The number of hydrogen-bond donors (Lipinski definition) is 1. The third kappa shape index (κ3) is 2.36. The Labute approximate surface area is 100 Å². The van der Waals surface area contributed by atoms with E-state index in [1.807, 2.05) is 6.92 Å². The highest BCUT2D eigenvalue weighted by Crippen LogP contribution is 2.21. The van der Waals surface area contributed by atoms with Crippen LogP contribution in [0.4, 0.5) is 4.79 Å². The summed E-state index contributed by atoms with van der Waals surface area (Å²) >= 11 is 0. The molecule has 2 amide bonds. The number of carbonyl (C=O) groups excluding carboxylic acids is 1. The minimum absolute atomic E-state index is 0.0197. The van der Waals surface area contributed by atoms with Crippen molar-refractivity contribution in [3.63, 3.8) is 0 Å². The number of amides is 2. The molecule has 0 aliphatic carbocycles. The van der Waals surface area contributed by atoms with Crippen LogP contribution in [0.2, 0.25) is 0 Å². The molecule has 2 aliphatic heterocycles. The molecule has 17 heavy (non-hydrogen) atoms. The van der Waals surface area contributed by atoms with Gasteiger partial charge in [-0.05, 0) is 19.8 Å². The highest BCUT2D eigenvalue weighted by Gasteiger charge is 2.37. The molecule has 2 rings (SSSR count). The molecule has 1 unspecified atom stereocenters. The van der Waals surface area contributed by atoms with E-state index in [1.54, 1.807) is 4.90 Å². The first-order valence-electron chi connectivity index (χ1n) is 5.99. The highest BCUT2D eigenvalue weighted by atomic mass is 16.5. The SMILES string of the molecule is CC1COCCN1C(=O)N1CCC[C@@H]1C(=O)O. The van der Waals surface area contributed by atoms with Crippen LogP contribution in [0.15, 0.2) is 0 Å². The van der Waals surface area contributed by atoms with Crippen molar-refractivity contribution in [2.45, 2.75) is 31.8 Å². The smallest absolute Gasteiger partial charge is 0.326 e. The Kier molecular flexibility index (Phi) is 3.51. The van der Waals surface area contributed by atoms with Crippen LogP contribution in [0.3, 0.4) is 0 Å². The van der Waals surface area contributed by atoms with E-state index >= 15 is 0 Å². The second-order valence-electron chi connectivity index (χ2n) is 4.59. The summed E-state index contributed by atoms with van der Waals surface area (Å²) in [5.74, 6) is -0.906. The first kappa shape index (κ1) is 12.2. The van der Waals surface area contributed by atoms with Crippen LogP contribution in [-0.4, -0.2) is 65.3 Å². The molecule has 0 aromatic rings. The third-order valence-electron chi connectivity index (χ3n) is 3.40. The van der Waals surface area contributed by atoms with Crippen LogP contribution in [0.25, 0.3) is 0 Å². The van der Waals surface area contributed by atoms with Gasteiger partial charge in [0, 0.05) is 13.1 Å². The van der Waals surface area contributed by atoms with Crippen molar-refractivity contribution < 1.29 is 19.4 Å². The largest absolute Gasteiger partial charge is 0.480 e. The normalized spacial score (nSPS) is 29.5. The van der Waals surface area contributed by atoms with Gasteiger partial charge < -0.3 is 19.6 Å². The van der Waals surface area contributed by atoms with Crippen LogP contribution in [0.1, 0.15) is 19.8 Å². The minimum Gasteiger partial charge on any atom is -0.480 e. The second kappa shape index (κ2) is 4.91. The van der Waals surface area contributed by atoms with Gasteiger partial charge in [0.1, 0.15) is 6.04 Å². The minimum atomic E-state index is -0.906. The Bertz CT molecular complexity index is 321. The predicted molar refractivity (Wildman–Crippen MR) is 59.7 cm³/mol. The monoisotopic (exact) mass is 242 g/mol. The lowest BCUT2D eigenvalue weighted by Gasteiger charge is -2.37. The van der Waals surface area contributed by atoms with Crippen molar-refractivity contribution in [2.75, 3.05) is 26.3 Å². The first-order chi connectivity index (χ1) is 8.11. The summed E-state index contributed by atoms with van der Waals surface area (Å²) in [4.78, 5) is 26.5. The van der Waals surface area contributed by atoms with Crippen molar-refractivity contribution in [1.29, 1.82) is 0 Å². The Morgan fingerprint density at radius 2 is 2.06 bits per heavy atom. The molecule has 0 aromatic carbocycles. The maximum atomic E-state index is 12.3. The van der Waals surface area contributed by atoms with Gasteiger partial charge >= 0.3 is 12.0 Å². The summed E-state index contributed by atoms with van der Waals surface area (Å²) in [5, 5.41) is 9.06. The molecule has 2 atom stereocenters. The van der Waals surface area contributed by atoms with Gasteiger partial charge in [0.05, 0.1) is 19.3 Å². The number of hydrogen-bond acceptors (Lipinski definition) is 3. The molecule has 1 N–H and O–H groups in total. The lowest BCUT2D eigenvalue weighted by molar-refractivity contribution is -0.141. The number of aliphatic carboxylic acids is 1. The van der Waals surface area contributed by atoms with Crippen LogP contribution in [0.5, 0.6) is 0 Å². The number of carboxylic acids is 1. The van der Waals surface area contributed by atoms with E-state index in [-0.39, 0.29) is 12.1 Å². The molecule has 0 saturated carbocycles. The number of carbonyl (C=O) groups is 2. The van der Waals surface area contributed by atoms with Gasteiger partial charge in [-0.15, -0.1) is 0 Å². The molecule has 6 nitrogen and oxygen atoms in total. The fraction of sp³-hybridized carbons (Fsp3) is 0.818. The average Bonchev–Trinajstić information content (AvgIpc) is 2.77. The van der Waals surface area contributed by atoms with Gasteiger partial charge in [-0.3, -0.25) is 0 Å². The molecule has 2 fully saturated rings. The summed E-state index contributed by atoms with van der Waals surface area (Å²) in [5.41, 5.74) is 0. The van der Waals surface area contributed by atoms with Gasteiger partial charge in [0.25, 0.3) is 0 Å². The van der Waals surface area contributed by atoms with Crippen molar-refractivity contribution in [3.05, 3.63) is 0 Å². The fourth-order valence-electron chi connectivity index (χ4n) is 2.43. The van der Waals surface area contributed by atoms with Crippen LogP contribution < -0.4 is 0 Å². The number of carboxylic acid groups (broad SMARTS) is 1. The molecule has 0 aromatic heterocycles. The van der Waals surface area contributed by atoms with E-state index in [4.69, 9.17) is 9.84 Å². The van der Waals surface area contributed by atoms with Crippen molar-refractivity contribution >= 4 is 12.0 Å². The predicted octanol–water partition coefficient (Wildman–Crippen LogP) is 0.376. The standard InChI is InChI=1S/C11H18N2O4/c1-8-7-17-6-5-12(8)11(16)13-4-2-3-9(13)10(14)15/h8-9H,2-7H2,1H3,(H,14,15)/t8?,9-/m1/s1. The zero-order chi connectivity index (χ0) is 12.4. The number of likely N-dealkylation sites (tertiary alicyclic amines) is 1. The zero-order valence-corrected chi connectivity index (χ0v) is 9.96. The van der Waals surface area contributed by atoms with Crippen LogP contribution >= 0.6 is 0 Å². The quantitative estimate of drug-likeness (QED) is 0.721. The number of nitrogens with zero attached hydrogens (tertiary/aromatic N) is 2. The van der Waals surface area contributed by atoms with E-state index in [0.717, 1.165) is 6.42 Å². The summed E-state index contributed by atoms with van der Waals surface area (Å²) in [7, 11) is 0. The van der Waals surface area contributed by atoms with Crippen molar-refractivity contribution in [1.82, 2.24) is 9.80 Å². The summed E-state index contributed by atoms with van der Waals surface area (Å²) in [6.45, 7) is 4.06. The van der Waals surface area contributed by atoms with E-state index in [1.165, 1.54) is 4.90 Å². The molecular weight excluding hydrogens is 224 g/mol. The van der Waals surface area contributed by atoms with E-state index in [9.17, 15) is 9.59 Å². The second-order valence-corrected chi connectivity index (χ2v) is 4.59. The zero-order valence-electron chi connectivity index (χ0n) is 9.96. The van der Waals surface area contributed by atoms with E-state index in [2.05, 4.69) is 0 Å². The van der Waals surface area contributed by atoms with Gasteiger partial charge in [-0.1, -0.05) is 0 Å². The summed E-state index contributed by atoms with van der Waals surface area (Å²) in [6, 6.07) is -0.797. The van der Waals surface area contributed by atoms with Gasteiger partial charge in [0.15, 0.2) is 0 Å². The third-order valence-corrected chi connectivity index (χ3v) is 3.40. The maximum absolute atomic E-state index is 12.3. The molecular formula is C11H18N2O4. The molecule has 96 valence electrons. The molecule has 0 radical (unpaired) electrons. The van der Waals surface area contributed by atoms with Gasteiger partial charge in [-0.2, -0.15) is 0 Å². The van der Waals surface area contributed by atoms with Gasteiger partial charge in [-0.25, -0.2) is 9.59 Å². The molecule has 6 heteroatoms. The van der Waals surface area contributed by atoms with Crippen LogP contribution in [0, 0.1) is 0 Å². The Hall–Kier alpha value is -1.30. The number of urea groups is 1. The average molecular weight is 242 g/mol. The molecule has 0 bridgehead atoms. The van der Waals surface area contributed by atoms with Crippen molar-refractivity contribution in [2.24, 2.45) is 0 Å². The fourth-order valence-corrected chi connectivity index (χ4v) is 2.43. The molecule has 2 aliphatic rings. The lowest BCUT2D eigenvalue weighted by Crippen LogP contribution is -2.54. The summed E-state index contributed by atoms with van der Waals surface area (Å²) < 4.78 is 5.27. The Balaban J connectivity index is 2.05. The highest BCUT2D eigenvalue weighted by molar-refractivity contribution is 5.83. The van der Waals surface area contributed by atoms with Crippen LogP contribution in [-0.2, 0) is 9.53 Å². The molecule has 2 saturated heterocycles. The Morgan fingerprint density at radius 3 is 2.71 bits per heavy atom. The van der Waals surface area contributed by atoms with Crippen molar-refractivity contribution in [3.8, 4) is 0 Å². The molecule has 2 heterocycles.